The van der Waals surface area contributed by atoms with Gasteiger partial charge in [-0.3, -0.25) is 0 Å². The van der Waals surface area contributed by atoms with Gasteiger partial charge in [0.25, 0.3) is 0 Å². The first kappa shape index (κ1) is 28.3. The quantitative estimate of drug-likeness (QED) is 0.191. The number of aromatic nitrogens is 3. The summed E-state index contributed by atoms with van der Waals surface area (Å²) < 4.78 is 2.34. The SMILES string of the molecule is c1ccc(-c2nc(-c3ccc(Nc4ccc5c(c4)c4ccccc4n5-c4ccccc4)cc3)nc3c4ccccc4c4ccccc4c23)cc1. The fraction of sp³-hybridized carbons (Fsp3) is 0. The Morgan fingerprint density at radius 1 is 0.400 bits per heavy atom. The van der Waals surface area contributed by atoms with Crippen molar-refractivity contribution in [2.75, 3.05) is 5.32 Å². The molecule has 50 heavy (non-hydrogen) atoms. The molecule has 0 amide bonds. The Kier molecular flexibility index (Phi) is 6.46. The van der Waals surface area contributed by atoms with Crippen LogP contribution >= 0.6 is 0 Å². The predicted molar refractivity (Wildman–Crippen MR) is 209 cm³/mol. The minimum absolute atomic E-state index is 0.707. The van der Waals surface area contributed by atoms with Crippen LogP contribution in [0.2, 0.25) is 0 Å². The Balaban J connectivity index is 1.07. The smallest absolute Gasteiger partial charge is 0.160 e. The lowest BCUT2D eigenvalue weighted by atomic mass is 9.94. The van der Waals surface area contributed by atoms with Crippen molar-refractivity contribution in [2.45, 2.75) is 0 Å². The number of para-hydroxylation sites is 2. The predicted octanol–water partition coefficient (Wildman–Crippen LogP) is 12.1. The number of nitrogens with zero attached hydrogens (tertiary/aromatic N) is 3. The minimum Gasteiger partial charge on any atom is -0.356 e. The monoisotopic (exact) mass is 638 g/mol. The molecule has 8 aromatic carbocycles. The normalized spacial score (nSPS) is 11.6. The van der Waals surface area contributed by atoms with Crippen LogP contribution in [0, 0.1) is 0 Å². The molecule has 10 rings (SSSR count). The van der Waals surface area contributed by atoms with Crippen LogP contribution in [0.1, 0.15) is 0 Å². The molecule has 4 nitrogen and oxygen atoms in total. The van der Waals surface area contributed by atoms with E-state index in [1.165, 1.54) is 32.6 Å². The van der Waals surface area contributed by atoms with E-state index in [1.807, 2.05) is 6.07 Å². The van der Waals surface area contributed by atoms with Gasteiger partial charge in [0.15, 0.2) is 5.82 Å². The summed E-state index contributed by atoms with van der Waals surface area (Å²) in [6.07, 6.45) is 0. The van der Waals surface area contributed by atoms with Gasteiger partial charge in [0, 0.05) is 49.7 Å². The lowest BCUT2D eigenvalue weighted by molar-refractivity contribution is 1.18. The largest absolute Gasteiger partial charge is 0.356 e. The van der Waals surface area contributed by atoms with Crippen molar-refractivity contribution in [3.05, 3.63) is 176 Å². The molecule has 0 aliphatic heterocycles. The Morgan fingerprint density at radius 3 is 1.74 bits per heavy atom. The van der Waals surface area contributed by atoms with E-state index in [0.717, 1.165) is 55.6 Å². The zero-order chi connectivity index (χ0) is 33.0. The van der Waals surface area contributed by atoms with E-state index in [-0.39, 0.29) is 0 Å². The number of nitrogens with one attached hydrogen (secondary N) is 1. The number of benzene rings is 8. The molecule has 0 fully saturated rings. The first-order valence-corrected chi connectivity index (χ1v) is 16.9. The van der Waals surface area contributed by atoms with Crippen molar-refractivity contribution in [2.24, 2.45) is 0 Å². The van der Waals surface area contributed by atoms with Crippen molar-refractivity contribution in [1.82, 2.24) is 14.5 Å². The van der Waals surface area contributed by atoms with Crippen LogP contribution in [0.4, 0.5) is 11.4 Å². The minimum atomic E-state index is 0.707. The van der Waals surface area contributed by atoms with Crippen LogP contribution in [-0.4, -0.2) is 14.5 Å². The molecule has 0 saturated carbocycles. The lowest BCUT2D eigenvalue weighted by Crippen LogP contribution is -1.97. The third-order valence-corrected chi connectivity index (χ3v) is 9.74. The molecule has 0 aliphatic carbocycles. The van der Waals surface area contributed by atoms with Gasteiger partial charge in [-0.15, -0.1) is 0 Å². The molecule has 0 aliphatic rings. The topological polar surface area (TPSA) is 42.7 Å². The fourth-order valence-electron chi connectivity index (χ4n) is 7.48. The van der Waals surface area contributed by atoms with E-state index in [2.05, 4.69) is 180 Å². The van der Waals surface area contributed by atoms with Crippen molar-refractivity contribution in [1.29, 1.82) is 0 Å². The van der Waals surface area contributed by atoms with Gasteiger partial charge in [-0.05, 0) is 76.8 Å². The van der Waals surface area contributed by atoms with Crippen LogP contribution in [0.5, 0.6) is 0 Å². The Morgan fingerprint density at radius 2 is 0.980 bits per heavy atom. The van der Waals surface area contributed by atoms with Crippen LogP contribution in [0.15, 0.2) is 176 Å². The second-order valence-corrected chi connectivity index (χ2v) is 12.7. The summed E-state index contributed by atoms with van der Waals surface area (Å²) in [5, 5.41) is 11.9. The summed E-state index contributed by atoms with van der Waals surface area (Å²) in [6, 6.07) is 61.9. The van der Waals surface area contributed by atoms with E-state index in [1.54, 1.807) is 0 Å². The fourth-order valence-corrected chi connectivity index (χ4v) is 7.48. The number of rotatable bonds is 5. The highest BCUT2D eigenvalue weighted by atomic mass is 15.0. The standard InChI is InChI=1S/C46H30N4/c1-3-13-30(14-4-1)44-43-38-20-9-7-17-35(38)36-18-8-10-21-39(36)45(43)49-46(48-44)31-23-25-32(26-24-31)47-33-27-28-42-40(29-33)37-19-11-12-22-41(37)50(42)34-15-5-2-6-16-34/h1-29,47H. The van der Waals surface area contributed by atoms with Gasteiger partial charge < -0.3 is 9.88 Å². The Hall–Kier alpha value is -6.78. The third-order valence-electron chi connectivity index (χ3n) is 9.74. The van der Waals surface area contributed by atoms with Crippen molar-refractivity contribution >= 4 is 65.6 Å². The highest BCUT2D eigenvalue weighted by Crippen LogP contribution is 2.40. The summed E-state index contributed by atoms with van der Waals surface area (Å²) in [5.74, 6) is 0.707. The van der Waals surface area contributed by atoms with Gasteiger partial charge in [0.05, 0.1) is 22.2 Å². The second-order valence-electron chi connectivity index (χ2n) is 12.7. The molecule has 2 heterocycles. The highest BCUT2D eigenvalue weighted by molar-refractivity contribution is 6.27. The highest BCUT2D eigenvalue weighted by Gasteiger charge is 2.18. The number of anilines is 2. The maximum atomic E-state index is 5.28. The molecular formula is C46H30N4. The summed E-state index contributed by atoms with van der Waals surface area (Å²) in [4.78, 5) is 10.5. The zero-order valence-corrected chi connectivity index (χ0v) is 27.1. The molecule has 4 heteroatoms. The summed E-state index contributed by atoms with van der Waals surface area (Å²) in [6.45, 7) is 0. The average Bonchev–Trinajstić information content (AvgIpc) is 3.52. The molecule has 0 atom stereocenters. The van der Waals surface area contributed by atoms with E-state index >= 15 is 0 Å². The molecule has 0 bridgehead atoms. The van der Waals surface area contributed by atoms with Crippen LogP contribution in [-0.2, 0) is 0 Å². The summed E-state index contributed by atoms with van der Waals surface area (Å²) in [7, 11) is 0. The number of fused-ring (bicyclic) bond motifs is 9. The first-order valence-electron chi connectivity index (χ1n) is 16.9. The molecule has 0 unspecified atom stereocenters. The Bertz CT molecular complexity index is 2870. The molecule has 2 aromatic heterocycles. The zero-order valence-electron chi connectivity index (χ0n) is 27.1. The van der Waals surface area contributed by atoms with Gasteiger partial charge in [-0.25, -0.2) is 9.97 Å². The number of hydrogen-bond acceptors (Lipinski definition) is 3. The van der Waals surface area contributed by atoms with E-state index < -0.39 is 0 Å². The maximum absolute atomic E-state index is 5.28. The molecule has 0 saturated heterocycles. The Labute approximate surface area is 288 Å². The molecule has 10 aromatic rings. The molecule has 1 N–H and O–H groups in total. The van der Waals surface area contributed by atoms with E-state index in [4.69, 9.17) is 9.97 Å². The molecular weight excluding hydrogens is 609 g/mol. The number of hydrogen-bond donors (Lipinski definition) is 1. The average molecular weight is 639 g/mol. The molecule has 0 spiro atoms. The van der Waals surface area contributed by atoms with Crippen LogP contribution < -0.4 is 5.32 Å². The van der Waals surface area contributed by atoms with Crippen molar-refractivity contribution in [3.8, 4) is 28.3 Å². The maximum Gasteiger partial charge on any atom is 0.160 e. The van der Waals surface area contributed by atoms with Crippen LogP contribution in [0.3, 0.4) is 0 Å². The van der Waals surface area contributed by atoms with Gasteiger partial charge in [-0.1, -0.05) is 115 Å². The van der Waals surface area contributed by atoms with Gasteiger partial charge in [0.1, 0.15) is 0 Å². The van der Waals surface area contributed by atoms with Crippen molar-refractivity contribution in [3.63, 3.8) is 0 Å². The van der Waals surface area contributed by atoms with Gasteiger partial charge in [-0.2, -0.15) is 0 Å². The van der Waals surface area contributed by atoms with E-state index in [0.29, 0.717) is 5.82 Å². The van der Waals surface area contributed by atoms with Gasteiger partial charge >= 0.3 is 0 Å². The first-order chi connectivity index (χ1) is 24.8. The third kappa shape index (κ3) is 4.54. The summed E-state index contributed by atoms with van der Waals surface area (Å²) >= 11 is 0. The summed E-state index contributed by atoms with van der Waals surface area (Å²) in [5.41, 5.74) is 9.52. The van der Waals surface area contributed by atoms with Gasteiger partial charge in [0.2, 0.25) is 0 Å². The molecule has 234 valence electrons. The van der Waals surface area contributed by atoms with E-state index in [9.17, 15) is 0 Å². The lowest BCUT2D eigenvalue weighted by Gasteiger charge is -2.15. The second kappa shape index (κ2) is 11.4. The van der Waals surface area contributed by atoms with Crippen molar-refractivity contribution < 1.29 is 0 Å². The molecule has 0 radical (unpaired) electrons. The van der Waals surface area contributed by atoms with Crippen LogP contribution in [0.25, 0.3) is 82.6 Å².